The molecule has 0 aliphatic heterocycles. The van der Waals surface area contributed by atoms with Gasteiger partial charge in [-0.2, -0.15) is 0 Å². The monoisotopic (exact) mass is 237 g/mol. The third kappa shape index (κ3) is 1.54. The molecule has 1 unspecified atom stereocenters. The Kier molecular flexibility index (Phi) is 2.71. The van der Waals surface area contributed by atoms with E-state index < -0.39 is 0 Å². The van der Waals surface area contributed by atoms with Crippen LogP contribution in [0.4, 0.5) is 0 Å². The zero-order valence-corrected chi connectivity index (χ0v) is 12.0. The Morgan fingerprint density at radius 1 is 1.19 bits per heavy atom. The summed E-state index contributed by atoms with van der Waals surface area (Å²) in [6, 6.07) is 5.03. The zero-order chi connectivity index (χ0) is 12.1. The molecule has 90 valence electrons. The van der Waals surface area contributed by atoms with Crippen molar-refractivity contribution in [3.05, 3.63) is 21.9 Å². The molecule has 0 radical (unpaired) electrons. The molecule has 1 aliphatic rings. The standard InChI is InChI=1S/C14H23NS/c1-9-7-8-10(16-9)11(15-6)12-13(2,3)14(12,4)5/h7-8,11-12,15H,1-6H3. The van der Waals surface area contributed by atoms with Gasteiger partial charge in [0.2, 0.25) is 0 Å². The van der Waals surface area contributed by atoms with Crippen molar-refractivity contribution in [3.8, 4) is 0 Å². The van der Waals surface area contributed by atoms with E-state index in [1.165, 1.54) is 9.75 Å². The molecule has 16 heavy (non-hydrogen) atoms. The second kappa shape index (κ2) is 3.58. The Bertz CT molecular complexity index is 375. The molecule has 2 rings (SSSR count). The van der Waals surface area contributed by atoms with Crippen molar-refractivity contribution in [2.75, 3.05) is 7.05 Å². The Labute approximate surface area is 103 Å². The van der Waals surface area contributed by atoms with Gasteiger partial charge in [-0.05, 0) is 42.9 Å². The zero-order valence-electron chi connectivity index (χ0n) is 11.2. The van der Waals surface area contributed by atoms with Crippen LogP contribution in [0.3, 0.4) is 0 Å². The topological polar surface area (TPSA) is 12.0 Å². The van der Waals surface area contributed by atoms with E-state index in [9.17, 15) is 0 Å². The summed E-state index contributed by atoms with van der Waals surface area (Å²) in [6.45, 7) is 11.7. The Morgan fingerprint density at radius 3 is 2.06 bits per heavy atom. The first-order chi connectivity index (χ1) is 7.32. The van der Waals surface area contributed by atoms with Crippen molar-refractivity contribution in [1.29, 1.82) is 0 Å². The summed E-state index contributed by atoms with van der Waals surface area (Å²) in [6.07, 6.45) is 0. The predicted molar refractivity (Wildman–Crippen MR) is 71.9 cm³/mol. The molecule has 1 aliphatic carbocycles. The van der Waals surface area contributed by atoms with Crippen LogP contribution in [0.5, 0.6) is 0 Å². The Balaban J connectivity index is 2.26. The highest BCUT2D eigenvalue weighted by molar-refractivity contribution is 7.12. The Morgan fingerprint density at radius 2 is 1.75 bits per heavy atom. The number of hydrogen-bond donors (Lipinski definition) is 1. The largest absolute Gasteiger partial charge is 0.312 e. The van der Waals surface area contributed by atoms with Crippen molar-refractivity contribution in [2.45, 2.75) is 40.7 Å². The maximum Gasteiger partial charge on any atom is 0.0451 e. The summed E-state index contributed by atoms with van der Waals surface area (Å²) in [5, 5.41) is 3.52. The molecule has 1 atom stereocenters. The van der Waals surface area contributed by atoms with Gasteiger partial charge in [-0.15, -0.1) is 11.3 Å². The molecule has 0 bridgehead atoms. The van der Waals surface area contributed by atoms with Gasteiger partial charge in [-0.1, -0.05) is 27.7 Å². The molecule has 1 heterocycles. The van der Waals surface area contributed by atoms with Gasteiger partial charge in [0.05, 0.1) is 0 Å². The number of aryl methyl sites for hydroxylation is 1. The van der Waals surface area contributed by atoms with Gasteiger partial charge in [0.1, 0.15) is 0 Å². The van der Waals surface area contributed by atoms with Crippen LogP contribution in [-0.2, 0) is 0 Å². The van der Waals surface area contributed by atoms with E-state index in [2.05, 4.69) is 59.1 Å². The van der Waals surface area contributed by atoms with Crippen LogP contribution in [-0.4, -0.2) is 7.05 Å². The fourth-order valence-electron chi connectivity index (χ4n) is 3.17. The third-order valence-corrected chi connectivity index (χ3v) is 5.93. The minimum Gasteiger partial charge on any atom is -0.312 e. The average molecular weight is 237 g/mol. The lowest BCUT2D eigenvalue weighted by molar-refractivity contribution is 0.444. The molecular weight excluding hydrogens is 214 g/mol. The molecule has 1 aromatic rings. The highest BCUT2D eigenvalue weighted by Gasteiger charge is 2.67. The quantitative estimate of drug-likeness (QED) is 0.838. The smallest absolute Gasteiger partial charge is 0.0451 e. The number of thiophene rings is 1. The molecule has 1 fully saturated rings. The minimum absolute atomic E-state index is 0.443. The first-order valence-electron chi connectivity index (χ1n) is 6.06. The first kappa shape index (κ1) is 12.1. The summed E-state index contributed by atoms with van der Waals surface area (Å²) >= 11 is 1.93. The maximum atomic E-state index is 3.52. The lowest BCUT2D eigenvalue weighted by Gasteiger charge is -2.16. The fraction of sp³-hybridized carbons (Fsp3) is 0.714. The van der Waals surface area contributed by atoms with E-state index in [1.54, 1.807) is 0 Å². The van der Waals surface area contributed by atoms with E-state index >= 15 is 0 Å². The molecule has 0 spiro atoms. The van der Waals surface area contributed by atoms with Crippen molar-refractivity contribution in [2.24, 2.45) is 16.7 Å². The molecule has 1 N–H and O–H groups in total. The number of rotatable bonds is 3. The lowest BCUT2D eigenvalue weighted by Crippen LogP contribution is -2.20. The molecule has 1 aromatic heterocycles. The van der Waals surface area contributed by atoms with Gasteiger partial charge in [0.25, 0.3) is 0 Å². The molecule has 0 aromatic carbocycles. The first-order valence-corrected chi connectivity index (χ1v) is 6.87. The van der Waals surface area contributed by atoms with Crippen LogP contribution >= 0.6 is 11.3 Å². The lowest BCUT2D eigenvalue weighted by atomic mass is 10.0. The van der Waals surface area contributed by atoms with E-state index in [0.29, 0.717) is 16.9 Å². The van der Waals surface area contributed by atoms with Crippen LogP contribution in [0.15, 0.2) is 12.1 Å². The third-order valence-electron chi connectivity index (χ3n) is 4.84. The number of hydrogen-bond acceptors (Lipinski definition) is 2. The normalized spacial score (nSPS) is 24.4. The van der Waals surface area contributed by atoms with Crippen LogP contribution in [0.1, 0.15) is 43.5 Å². The molecule has 0 saturated heterocycles. The molecule has 0 amide bonds. The second-order valence-corrected chi connectivity index (χ2v) is 7.46. The minimum atomic E-state index is 0.443. The van der Waals surface area contributed by atoms with E-state index in [-0.39, 0.29) is 0 Å². The molecule has 2 heteroatoms. The second-order valence-electron chi connectivity index (χ2n) is 6.14. The summed E-state index contributed by atoms with van der Waals surface area (Å²) < 4.78 is 0. The van der Waals surface area contributed by atoms with Crippen LogP contribution < -0.4 is 5.32 Å². The van der Waals surface area contributed by atoms with E-state index in [1.807, 2.05) is 11.3 Å². The average Bonchev–Trinajstić information content (AvgIpc) is 2.55. The van der Waals surface area contributed by atoms with E-state index in [0.717, 1.165) is 5.92 Å². The Hall–Kier alpha value is -0.340. The predicted octanol–water partition coefficient (Wildman–Crippen LogP) is 4.00. The van der Waals surface area contributed by atoms with Crippen molar-refractivity contribution in [1.82, 2.24) is 5.32 Å². The highest BCUT2D eigenvalue weighted by Crippen LogP contribution is 2.72. The van der Waals surface area contributed by atoms with E-state index in [4.69, 9.17) is 0 Å². The van der Waals surface area contributed by atoms with Crippen molar-refractivity contribution in [3.63, 3.8) is 0 Å². The molecular formula is C14H23NS. The summed E-state index contributed by atoms with van der Waals surface area (Å²) in [5.74, 6) is 0.739. The SMILES string of the molecule is CNC(c1ccc(C)s1)C1C(C)(C)C1(C)C. The van der Waals surface area contributed by atoms with Gasteiger partial charge in [0, 0.05) is 15.8 Å². The van der Waals surface area contributed by atoms with Crippen LogP contribution in [0.2, 0.25) is 0 Å². The van der Waals surface area contributed by atoms with Gasteiger partial charge < -0.3 is 5.32 Å². The highest BCUT2D eigenvalue weighted by atomic mass is 32.1. The van der Waals surface area contributed by atoms with Gasteiger partial charge in [0.15, 0.2) is 0 Å². The van der Waals surface area contributed by atoms with Crippen LogP contribution in [0, 0.1) is 23.7 Å². The fourth-order valence-corrected chi connectivity index (χ4v) is 4.20. The van der Waals surface area contributed by atoms with Crippen LogP contribution in [0.25, 0.3) is 0 Å². The van der Waals surface area contributed by atoms with Crippen molar-refractivity contribution < 1.29 is 0 Å². The van der Waals surface area contributed by atoms with Crippen molar-refractivity contribution >= 4 is 11.3 Å². The van der Waals surface area contributed by atoms with Gasteiger partial charge >= 0.3 is 0 Å². The van der Waals surface area contributed by atoms with Gasteiger partial charge in [-0.25, -0.2) is 0 Å². The molecule has 1 nitrogen and oxygen atoms in total. The van der Waals surface area contributed by atoms with Gasteiger partial charge in [-0.3, -0.25) is 0 Å². The summed E-state index contributed by atoms with van der Waals surface area (Å²) in [5.41, 5.74) is 0.886. The number of nitrogens with one attached hydrogen (secondary N) is 1. The summed E-state index contributed by atoms with van der Waals surface area (Å²) in [4.78, 5) is 2.90. The molecule has 1 saturated carbocycles. The summed E-state index contributed by atoms with van der Waals surface area (Å²) in [7, 11) is 2.09. The maximum absolute atomic E-state index is 3.52.